The molecule has 2 N–H and O–H groups in total. The Morgan fingerprint density at radius 3 is 2.79 bits per heavy atom. The Morgan fingerprint density at radius 2 is 2.09 bits per heavy atom. The fraction of sp³-hybridized carbons (Fsp3) is 0.250. The second-order valence-corrected chi connectivity index (χ2v) is 8.35. The molecule has 1 atom stereocenters. The maximum absolute atomic E-state index is 12.8. The highest BCUT2D eigenvalue weighted by Gasteiger charge is 2.38. The fourth-order valence-electron chi connectivity index (χ4n) is 4.33. The molecule has 4 rings (SSSR count). The number of nitro benzene ring substituents is 1. The fourth-order valence-corrected chi connectivity index (χ4v) is 4.57. The van der Waals surface area contributed by atoms with Crippen LogP contribution < -0.4 is 10.5 Å². The lowest BCUT2D eigenvalue weighted by Gasteiger charge is -2.37. The number of ether oxygens (including phenoxy) is 1. The minimum absolute atomic E-state index is 0.00970. The van der Waals surface area contributed by atoms with Crippen molar-refractivity contribution in [3.63, 3.8) is 0 Å². The summed E-state index contributed by atoms with van der Waals surface area (Å²) in [6.45, 7) is 0.0963. The van der Waals surface area contributed by atoms with Crippen LogP contribution in [0.5, 0.6) is 5.75 Å². The van der Waals surface area contributed by atoms with Crippen LogP contribution in [0.3, 0.4) is 0 Å². The van der Waals surface area contributed by atoms with Gasteiger partial charge in [-0.2, -0.15) is 5.26 Å². The number of allylic oxidation sites excluding steroid dienone is 3. The summed E-state index contributed by atoms with van der Waals surface area (Å²) < 4.78 is 5.78. The molecule has 33 heavy (non-hydrogen) atoms. The molecule has 2 aromatic carbocycles. The highest BCUT2D eigenvalue weighted by Crippen LogP contribution is 2.45. The summed E-state index contributed by atoms with van der Waals surface area (Å²) in [7, 11) is 1.77. The Kier molecular flexibility index (Phi) is 6.07. The second kappa shape index (κ2) is 8.96. The second-order valence-electron chi connectivity index (χ2n) is 7.95. The zero-order chi connectivity index (χ0) is 23.7. The molecular formula is C24H21ClN4O4. The number of nitrogens with two attached hydrogens (primary N) is 1. The zero-order valence-corrected chi connectivity index (χ0v) is 18.6. The molecule has 168 valence electrons. The van der Waals surface area contributed by atoms with Crippen molar-refractivity contribution in [3.05, 3.63) is 91.4 Å². The molecule has 0 aromatic heterocycles. The molecule has 9 heteroatoms. The number of carbonyl (C=O) groups excluding carboxylic acids is 1. The first-order valence-corrected chi connectivity index (χ1v) is 10.7. The van der Waals surface area contributed by atoms with Gasteiger partial charge in [-0.1, -0.05) is 29.8 Å². The van der Waals surface area contributed by atoms with Gasteiger partial charge in [0.05, 0.1) is 27.5 Å². The van der Waals surface area contributed by atoms with Crippen LogP contribution in [0.4, 0.5) is 5.69 Å². The SMILES string of the molecule is CN1C(N)=C(C#N)[C@@H](c2ccc(OCc3cccc([N+](=O)[O-])c3)c(Cl)c2)C2=C1CCCC2=O. The minimum Gasteiger partial charge on any atom is -0.487 e. The molecule has 8 nitrogen and oxygen atoms in total. The molecular weight excluding hydrogens is 444 g/mol. The Balaban J connectivity index is 1.64. The van der Waals surface area contributed by atoms with Crippen LogP contribution in [-0.2, 0) is 11.4 Å². The normalized spacial score (nSPS) is 18.2. The van der Waals surface area contributed by atoms with Crippen molar-refractivity contribution in [2.24, 2.45) is 5.73 Å². The lowest BCUT2D eigenvalue weighted by molar-refractivity contribution is -0.384. The van der Waals surface area contributed by atoms with Crippen LogP contribution in [0.1, 0.15) is 36.3 Å². The number of Topliss-reactive ketones (excluding diaryl/α,β-unsaturated/α-hetero) is 1. The molecule has 0 saturated heterocycles. The standard InChI is InChI=1S/C24H21ClN4O4/c1-28-19-6-3-7-20(30)23(19)22(17(12-26)24(28)27)15-8-9-21(18(25)11-15)33-13-14-4-2-5-16(10-14)29(31)32/h2,4-5,8-11,22H,3,6-7,13,27H2,1H3/t22-/m1/s1. The minimum atomic E-state index is -0.586. The van der Waals surface area contributed by atoms with Gasteiger partial charge in [0.25, 0.3) is 5.69 Å². The van der Waals surface area contributed by atoms with E-state index in [4.69, 9.17) is 22.1 Å². The van der Waals surface area contributed by atoms with E-state index in [0.29, 0.717) is 51.7 Å². The molecule has 0 amide bonds. The number of hydrogen-bond donors (Lipinski definition) is 1. The molecule has 0 saturated carbocycles. The first-order chi connectivity index (χ1) is 15.8. The van der Waals surface area contributed by atoms with Gasteiger partial charge in [-0.3, -0.25) is 14.9 Å². The number of carbonyl (C=O) groups is 1. The Hall–Kier alpha value is -3.83. The van der Waals surface area contributed by atoms with Gasteiger partial charge < -0.3 is 15.4 Å². The van der Waals surface area contributed by atoms with Gasteiger partial charge in [-0.15, -0.1) is 0 Å². The van der Waals surface area contributed by atoms with Gasteiger partial charge >= 0.3 is 0 Å². The van der Waals surface area contributed by atoms with E-state index in [1.807, 2.05) is 0 Å². The van der Waals surface area contributed by atoms with Crippen molar-refractivity contribution in [2.45, 2.75) is 31.8 Å². The molecule has 2 aromatic rings. The van der Waals surface area contributed by atoms with Crippen LogP contribution in [0, 0.1) is 21.4 Å². The summed E-state index contributed by atoms with van der Waals surface area (Å²) in [6.07, 6.45) is 1.89. The van der Waals surface area contributed by atoms with Crippen LogP contribution in [0.25, 0.3) is 0 Å². The highest BCUT2D eigenvalue weighted by atomic mass is 35.5. The number of nitro groups is 1. The predicted octanol–water partition coefficient (Wildman–Crippen LogP) is 4.56. The van der Waals surface area contributed by atoms with E-state index in [-0.39, 0.29) is 18.1 Å². The average molecular weight is 465 g/mol. The quantitative estimate of drug-likeness (QED) is 0.508. The number of ketones is 1. The number of nitrogens with zero attached hydrogens (tertiary/aromatic N) is 3. The van der Waals surface area contributed by atoms with Crippen molar-refractivity contribution < 1.29 is 14.5 Å². The number of nitriles is 1. The average Bonchev–Trinajstić information content (AvgIpc) is 2.81. The van der Waals surface area contributed by atoms with E-state index < -0.39 is 10.8 Å². The molecule has 0 bridgehead atoms. The zero-order valence-electron chi connectivity index (χ0n) is 17.9. The topological polar surface area (TPSA) is 122 Å². The summed E-state index contributed by atoms with van der Waals surface area (Å²) in [5.41, 5.74) is 9.30. The van der Waals surface area contributed by atoms with Gasteiger partial charge in [0.2, 0.25) is 0 Å². The summed E-state index contributed by atoms with van der Waals surface area (Å²) in [4.78, 5) is 25.1. The van der Waals surface area contributed by atoms with Crippen LogP contribution in [0.15, 0.2) is 65.1 Å². The van der Waals surface area contributed by atoms with Gasteiger partial charge in [0.15, 0.2) is 5.78 Å². The number of halogens is 1. The summed E-state index contributed by atoms with van der Waals surface area (Å²) >= 11 is 6.49. The smallest absolute Gasteiger partial charge is 0.269 e. The Morgan fingerprint density at radius 1 is 1.30 bits per heavy atom. The van der Waals surface area contributed by atoms with E-state index in [0.717, 1.165) is 12.1 Å². The Labute approximate surface area is 195 Å². The lowest BCUT2D eigenvalue weighted by Crippen LogP contribution is -2.36. The monoisotopic (exact) mass is 464 g/mol. The third kappa shape index (κ3) is 4.15. The summed E-state index contributed by atoms with van der Waals surface area (Å²) in [6, 6.07) is 13.5. The van der Waals surface area contributed by atoms with Gasteiger partial charge in [-0.05, 0) is 36.1 Å². The van der Waals surface area contributed by atoms with Gasteiger partial charge in [0.1, 0.15) is 18.2 Å². The molecule has 2 aliphatic rings. The van der Waals surface area contributed by atoms with E-state index in [9.17, 15) is 20.2 Å². The maximum atomic E-state index is 12.8. The van der Waals surface area contributed by atoms with Crippen LogP contribution in [0.2, 0.25) is 5.02 Å². The molecule has 0 radical (unpaired) electrons. The molecule has 0 unspecified atom stereocenters. The first-order valence-electron chi connectivity index (χ1n) is 10.4. The number of hydrogen-bond acceptors (Lipinski definition) is 7. The summed E-state index contributed by atoms with van der Waals surface area (Å²) in [5.74, 6) is 0.144. The van der Waals surface area contributed by atoms with E-state index in [1.165, 1.54) is 12.1 Å². The van der Waals surface area contributed by atoms with Gasteiger partial charge in [0, 0.05) is 36.9 Å². The third-order valence-electron chi connectivity index (χ3n) is 5.97. The van der Waals surface area contributed by atoms with Crippen molar-refractivity contribution in [1.82, 2.24) is 4.90 Å². The van der Waals surface area contributed by atoms with E-state index >= 15 is 0 Å². The largest absolute Gasteiger partial charge is 0.487 e. The van der Waals surface area contributed by atoms with E-state index in [1.54, 1.807) is 42.3 Å². The van der Waals surface area contributed by atoms with Crippen molar-refractivity contribution in [2.75, 3.05) is 7.05 Å². The maximum Gasteiger partial charge on any atom is 0.269 e. The van der Waals surface area contributed by atoms with Gasteiger partial charge in [-0.25, -0.2) is 0 Å². The molecule has 0 fully saturated rings. The molecule has 1 aliphatic heterocycles. The molecule has 1 aliphatic carbocycles. The predicted molar refractivity (Wildman–Crippen MR) is 122 cm³/mol. The molecule has 1 heterocycles. The van der Waals surface area contributed by atoms with Crippen molar-refractivity contribution >= 4 is 23.1 Å². The van der Waals surface area contributed by atoms with Crippen molar-refractivity contribution in [1.29, 1.82) is 5.26 Å². The van der Waals surface area contributed by atoms with Crippen LogP contribution >= 0.6 is 11.6 Å². The molecule has 0 spiro atoms. The number of benzene rings is 2. The highest BCUT2D eigenvalue weighted by molar-refractivity contribution is 6.32. The summed E-state index contributed by atoms with van der Waals surface area (Å²) in [5, 5.41) is 21.1. The number of rotatable bonds is 5. The third-order valence-corrected chi connectivity index (χ3v) is 6.27. The Bertz CT molecular complexity index is 1260. The lowest BCUT2D eigenvalue weighted by atomic mass is 9.76. The van der Waals surface area contributed by atoms with Crippen LogP contribution in [-0.4, -0.2) is 22.7 Å². The number of non-ortho nitro benzene ring substituents is 1. The van der Waals surface area contributed by atoms with E-state index in [2.05, 4.69) is 6.07 Å². The first kappa shape index (κ1) is 22.4. The van der Waals surface area contributed by atoms with Crippen molar-refractivity contribution in [3.8, 4) is 11.8 Å².